The van der Waals surface area contributed by atoms with Crippen molar-refractivity contribution in [3.63, 3.8) is 0 Å². The summed E-state index contributed by atoms with van der Waals surface area (Å²) in [4.78, 5) is -0.0775. The van der Waals surface area contributed by atoms with Crippen LogP contribution in [0.25, 0.3) is 0 Å². The topological polar surface area (TPSA) is 29.5 Å². The Balaban J connectivity index is 1.97. The molecule has 1 N–H and O–H groups in total. The van der Waals surface area contributed by atoms with Crippen molar-refractivity contribution < 1.29 is 9.84 Å². The maximum Gasteiger partial charge on any atom is 0.126 e. The van der Waals surface area contributed by atoms with E-state index in [2.05, 4.69) is 28.1 Å². The van der Waals surface area contributed by atoms with Crippen LogP contribution in [0.1, 0.15) is 62.7 Å². The summed E-state index contributed by atoms with van der Waals surface area (Å²) in [5.41, 5.74) is 1.91. The van der Waals surface area contributed by atoms with Crippen molar-refractivity contribution in [2.75, 3.05) is 0 Å². The molecule has 1 aromatic rings. The quantitative estimate of drug-likeness (QED) is 0.780. The molecule has 1 aliphatic heterocycles. The maximum atomic E-state index is 10.5. The maximum absolute atomic E-state index is 10.5. The van der Waals surface area contributed by atoms with Gasteiger partial charge in [0.1, 0.15) is 11.4 Å². The van der Waals surface area contributed by atoms with Gasteiger partial charge in [-0.2, -0.15) is 0 Å². The van der Waals surface area contributed by atoms with E-state index < -0.39 is 6.10 Å². The average Bonchev–Trinajstić information content (AvgIpc) is 2.89. The first-order valence-electron chi connectivity index (χ1n) is 7.14. The summed E-state index contributed by atoms with van der Waals surface area (Å²) < 4.78 is 6.01. The summed E-state index contributed by atoms with van der Waals surface area (Å²) >= 11 is 3.58. The predicted molar refractivity (Wildman–Crippen MR) is 80.0 cm³/mol. The van der Waals surface area contributed by atoms with Crippen LogP contribution in [-0.4, -0.2) is 15.5 Å². The van der Waals surface area contributed by atoms with Crippen molar-refractivity contribution in [3.05, 3.63) is 29.3 Å². The Morgan fingerprint density at radius 2 is 1.95 bits per heavy atom. The first-order valence-corrected chi connectivity index (χ1v) is 8.05. The van der Waals surface area contributed by atoms with Crippen molar-refractivity contribution in [2.24, 2.45) is 0 Å². The highest BCUT2D eigenvalue weighted by Gasteiger charge is 2.41. The van der Waals surface area contributed by atoms with Gasteiger partial charge in [0.15, 0.2) is 0 Å². The highest BCUT2D eigenvalue weighted by Crippen LogP contribution is 2.45. The molecule has 0 spiro atoms. The van der Waals surface area contributed by atoms with Gasteiger partial charge in [-0.3, -0.25) is 0 Å². The van der Waals surface area contributed by atoms with Gasteiger partial charge in [-0.25, -0.2) is 0 Å². The van der Waals surface area contributed by atoms with Gasteiger partial charge in [0.2, 0.25) is 0 Å². The van der Waals surface area contributed by atoms with E-state index in [0.717, 1.165) is 11.3 Å². The molecule has 1 aromatic carbocycles. The lowest BCUT2D eigenvalue weighted by Gasteiger charge is -2.40. The number of hydrogen-bond acceptors (Lipinski definition) is 2. The van der Waals surface area contributed by atoms with E-state index in [4.69, 9.17) is 4.74 Å². The molecule has 1 aliphatic carbocycles. The smallest absolute Gasteiger partial charge is 0.126 e. The SMILES string of the molecule is CC1(C)Oc2ccc(C3CCCC3)cc2C(O)C1Br. The third-order valence-electron chi connectivity index (χ3n) is 4.49. The standard InChI is InChI=1S/C16H21BrO2/c1-16(2)15(17)14(18)12-9-11(7-8-13(12)19-16)10-5-3-4-6-10/h7-10,14-15,18H,3-6H2,1-2H3. The Morgan fingerprint density at radius 1 is 1.26 bits per heavy atom. The highest BCUT2D eigenvalue weighted by molar-refractivity contribution is 9.09. The lowest BCUT2D eigenvalue weighted by Crippen LogP contribution is -2.45. The molecule has 104 valence electrons. The number of fused-ring (bicyclic) bond motifs is 1. The number of halogens is 1. The average molecular weight is 325 g/mol. The molecule has 0 aromatic heterocycles. The predicted octanol–water partition coefficient (Wildman–Crippen LogP) is 4.31. The second-order valence-electron chi connectivity index (χ2n) is 6.33. The lowest BCUT2D eigenvalue weighted by molar-refractivity contribution is 0.0225. The Labute approximate surface area is 123 Å². The van der Waals surface area contributed by atoms with Crippen LogP contribution in [0.2, 0.25) is 0 Å². The molecular formula is C16H21BrO2. The molecule has 1 fully saturated rings. The van der Waals surface area contributed by atoms with Crippen LogP contribution in [0.4, 0.5) is 0 Å². The number of aliphatic hydroxyl groups is 1. The molecule has 2 aliphatic rings. The van der Waals surface area contributed by atoms with Crippen LogP contribution in [0, 0.1) is 0 Å². The van der Waals surface area contributed by atoms with Crippen molar-refractivity contribution in [1.82, 2.24) is 0 Å². The summed E-state index contributed by atoms with van der Waals surface area (Å²) in [5, 5.41) is 10.5. The first kappa shape index (κ1) is 13.4. The van der Waals surface area contributed by atoms with E-state index in [1.54, 1.807) is 0 Å². The third-order valence-corrected chi connectivity index (χ3v) is 6.10. The molecule has 2 unspecified atom stereocenters. The number of alkyl halides is 1. The van der Waals surface area contributed by atoms with Gasteiger partial charge < -0.3 is 9.84 Å². The minimum absolute atomic E-state index is 0.0775. The lowest BCUT2D eigenvalue weighted by atomic mass is 9.88. The number of aliphatic hydroxyl groups excluding tert-OH is 1. The Bertz CT molecular complexity index is 478. The first-order chi connectivity index (χ1) is 8.99. The molecule has 1 saturated carbocycles. The monoisotopic (exact) mass is 324 g/mol. The highest BCUT2D eigenvalue weighted by atomic mass is 79.9. The Hall–Kier alpha value is -0.540. The molecular weight excluding hydrogens is 304 g/mol. The fourth-order valence-corrected chi connectivity index (χ4v) is 3.66. The summed E-state index contributed by atoms with van der Waals surface area (Å²) in [5.74, 6) is 1.50. The number of rotatable bonds is 1. The normalized spacial score (nSPS) is 29.9. The zero-order chi connectivity index (χ0) is 13.6. The molecule has 0 bridgehead atoms. The zero-order valence-electron chi connectivity index (χ0n) is 11.5. The second-order valence-corrected chi connectivity index (χ2v) is 7.32. The number of hydrogen-bond donors (Lipinski definition) is 1. The van der Waals surface area contributed by atoms with E-state index >= 15 is 0 Å². The van der Waals surface area contributed by atoms with Crippen molar-refractivity contribution >= 4 is 15.9 Å². The van der Waals surface area contributed by atoms with Gasteiger partial charge >= 0.3 is 0 Å². The molecule has 19 heavy (non-hydrogen) atoms. The van der Waals surface area contributed by atoms with Gasteiger partial charge in [0, 0.05) is 5.56 Å². The summed E-state index contributed by atoms with van der Waals surface area (Å²) in [6.07, 6.45) is 4.71. The van der Waals surface area contributed by atoms with E-state index in [1.165, 1.54) is 31.2 Å². The molecule has 2 atom stereocenters. The van der Waals surface area contributed by atoms with Gasteiger partial charge in [-0.1, -0.05) is 34.8 Å². The Kier molecular flexibility index (Phi) is 3.38. The summed E-state index contributed by atoms with van der Waals surface area (Å²) in [6, 6.07) is 6.36. The summed E-state index contributed by atoms with van der Waals surface area (Å²) in [7, 11) is 0. The van der Waals surface area contributed by atoms with E-state index in [9.17, 15) is 5.11 Å². The largest absolute Gasteiger partial charge is 0.486 e. The van der Waals surface area contributed by atoms with Crippen LogP contribution >= 0.6 is 15.9 Å². The van der Waals surface area contributed by atoms with Crippen molar-refractivity contribution in [3.8, 4) is 5.75 Å². The minimum atomic E-state index is -0.500. The molecule has 0 saturated heterocycles. The van der Waals surface area contributed by atoms with Gasteiger partial charge in [0.05, 0.1) is 10.9 Å². The number of ether oxygens (including phenoxy) is 1. The Morgan fingerprint density at radius 3 is 2.63 bits per heavy atom. The molecule has 1 heterocycles. The van der Waals surface area contributed by atoms with Gasteiger partial charge in [-0.05, 0) is 50.3 Å². The molecule has 3 heteroatoms. The van der Waals surface area contributed by atoms with Crippen LogP contribution in [-0.2, 0) is 0 Å². The summed E-state index contributed by atoms with van der Waals surface area (Å²) in [6.45, 7) is 4.01. The van der Waals surface area contributed by atoms with E-state index in [0.29, 0.717) is 5.92 Å². The molecule has 0 amide bonds. The van der Waals surface area contributed by atoms with Crippen LogP contribution in [0.3, 0.4) is 0 Å². The van der Waals surface area contributed by atoms with Crippen LogP contribution < -0.4 is 4.74 Å². The van der Waals surface area contributed by atoms with Crippen molar-refractivity contribution in [2.45, 2.75) is 62.0 Å². The molecule has 2 nitrogen and oxygen atoms in total. The molecule has 0 radical (unpaired) electrons. The van der Waals surface area contributed by atoms with Crippen LogP contribution in [0.15, 0.2) is 18.2 Å². The van der Waals surface area contributed by atoms with Crippen LogP contribution in [0.5, 0.6) is 5.75 Å². The van der Waals surface area contributed by atoms with Crippen molar-refractivity contribution in [1.29, 1.82) is 0 Å². The fraction of sp³-hybridized carbons (Fsp3) is 0.625. The number of benzene rings is 1. The molecule has 3 rings (SSSR count). The second kappa shape index (κ2) is 4.78. The third kappa shape index (κ3) is 2.31. The van der Waals surface area contributed by atoms with E-state index in [-0.39, 0.29) is 10.4 Å². The zero-order valence-corrected chi connectivity index (χ0v) is 13.1. The van der Waals surface area contributed by atoms with Gasteiger partial charge in [0.25, 0.3) is 0 Å². The minimum Gasteiger partial charge on any atom is -0.486 e. The van der Waals surface area contributed by atoms with E-state index in [1.807, 2.05) is 19.9 Å². The van der Waals surface area contributed by atoms with Gasteiger partial charge in [-0.15, -0.1) is 0 Å². The fourth-order valence-electron chi connectivity index (χ4n) is 3.28.